The highest BCUT2D eigenvalue weighted by atomic mass is 16.4. The molecule has 0 radical (unpaired) electrons. The Balaban J connectivity index is 2.32. The third-order valence-corrected chi connectivity index (χ3v) is 2.99. The molecule has 15 heavy (non-hydrogen) atoms. The Kier molecular flexibility index (Phi) is 2.62. The van der Waals surface area contributed by atoms with Gasteiger partial charge < -0.3 is 10.2 Å². The number of aliphatic carboxylic acids is 1. The summed E-state index contributed by atoms with van der Waals surface area (Å²) in [6.07, 6.45) is 3.10. The highest BCUT2D eigenvalue weighted by Gasteiger charge is 2.22. The van der Waals surface area contributed by atoms with Crippen LogP contribution in [0.2, 0.25) is 0 Å². The van der Waals surface area contributed by atoms with Crippen LogP contribution in [0.15, 0.2) is 18.2 Å². The molecule has 1 aliphatic carbocycles. The first kappa shape index (κ1) is 10.0. The van der Waals surface area contributed by atoms with E-state index in [-0.39, 0.29) is 18.1 Å². The minimum absolute atomic E-state index is 0.0679. The Morgan fingerprint density at radius 3 is 3.00 bits per heavy atom. The molecular weight excluding hydrogens is 192 g/mol. The molecule has 1 aromatic carbocycles. The van der Waals surface area contributed by atoms with Crippen molar-refractivity contribution >= 4 is 5.97 Å². The number of benzene rings is 1. The maximum atomic E-state index is 10.7. The fraction of sp³-hybridized carbons (Fsp3) is 0.417. The molecular formula is C12H14O3. The zero-order valence-electron chi connectivity index (χ0n) is 8.44. The van der Waals surface area contributed by atoms with Crippen LogP contribution in [0, 0.1) is 0 Å². The van der Waals surface area contributed by atoms with Gasteiger partial charge in [-0.05, 0) is 48.4 Å². The molecule has 0 aromatic heterocycles. The summed E-state index contributed by atoms with van der Waals surface area (Å²) in [6.45, 7) is 0. The van der Waals surface area contributed by atoms with Crippen LogP contribution in [0.25, 0.3) is 0 Å². The second kappa shape index (κ2) is 3.93. The van der Waals surface area contributed by atoms with Crippen molar-refractivity contribution in [2.45, 2.75) is 31.6 Å². The van der Waals surface area contributed by atoms with E-state index < -0.39 is 5.97 Å². The van der Waals surface area contributed by atoms with Gasteiger partial charge in [0.1, 0.15) is 5.75 Å². The summed E-state index contributed by atoms with van der Waals surface area (Å²) in [5.74, 6) is -0.472. The average Bonchev–Trinajstić information content (AvgIpc) is 2.18. The van der Waals surface area contributed by atoms with Gasteiger partial charge in [-0.3, -0.25) is 4.79 Å². The van der Waals surface area contributed by atoms with Crippen LogP contribution < -0.4 is 0 Å². The number of carboxylic acid groups (broad SMARTS) is 1. The molecule has 0 aliphatic heterocycles. The van der Waals surface area contributed by atoms with Crippen molar-refractivity contribution in [1.82, 2.24) is 0 Å². The number of carbonyl (C=O) groups is 1. The van der Waals surface area contributed by atoms with Crippen molar-refractivity contribution in [3.05, 3.63) is 29.3 Å². The van der Waals surface area contributed by atoms with Gasteiger partial charge in [0.15, 0.2) is 0 Å². The molecule has 0 unspecified atom stereocenters. The predicted octanol–water partition coefficient (Wildman–Crippen LogP) is 2.29. The summed E-state index contributed by atoms with van der Waals surface area (Å²) in [4.78, 5) is 10.7. The number of aromatic hydroxyl groups is 1. The van der Waals surface area contributed by atoms with Crippen LogP contribution >= 0.6 is 0 Å². The largest absolute Gasteiger partial charge is 0.508 e. The van der Waals surface area contributed by atoms with Crippen molar-refractivity contribution in [2.75, 3.05) is 0 Å². The number of hydrogen-bond acceptors (Lipinski definition) is 2. The monoisotopic (exact) mass is 206 g/mol. The second-order valence-corrected chi connectivity index (χ2v) is 4.07. The van der Waals surface area contributed by atoms with Gasteiger partial charge in [-0.25, -0.2) is 0 Å². The first-order valence-corrected chi connectivity index (χ1v) is 5.20. The maximum absolute atomic E-state index is 10.7. The average molecular weight is 206 g/mol. The molecule has 80 valence electrons. The van der Waals surface area contributed by atoms with Crippen molar-refractivity contribution in [1.29, 1.82) is 0 Å². The molecule has 1 aliphatic rings. The lowest BCUT2D eigenvalue weighted by atomic mass is 9.81. The fourth-order valence-electron chi connectivity index (χ4n) is 2.31. The molecule has 0 fully saturated rings. The summed E-state index contributed by atoms with van der Waals surface area (Å²) >= 11 is 0. The molecule has 2 N–H and O–H groups in total. The van der Waals surface area contributed by atoms with Crippen LogP contribution in [-0.2, 0) is 11.2 Å². The van der Waals surface area contributed by atoms with E-state index in [1.54, 1.807) is 12.1 Å². The van der Waals surface area contributed by atoms with Gasteiger partial charge in [-0.2, -0.15) is 0 Å². The first-order valence-electron chi connectivity index (χ1n) is 5.20. The van der Waals surface area contributed by atoms with Crippen LogP contribution in [0.3, 0.4) is 0 Å². The Labute approximate surface area is 88.4 Å². The summed E-state index contributed by atoms with van der Waals surface area (Å²) < 4.78 is 0. The van der Waals surface area contributed by atoms with Gasteiger partial charge in [0.25, 0.3) is 0 Å². The molecule has 0 spiro atoms. The van der Waals surface area contributed by atoms with Crippen molar-refractivity contribution < 1.29 is 15.0 Å². The summed E-state index contributed by atoms with van der Waals surface area (Å²) in [7, 11) is 0. The van der Waals surface area contributed by atoms with Crippen molar-refractivity contribution in [3.8, 4) is 5.75 Å². The van der Waals surface area contributed by atoms with Crippen LogP contribution in [0.5, 0.6) is 5.75 Å². The number of hydrogen-bond donors (Lipinski definition) is 2. The van der Waals surface area contributed by atoms with Crippen LogP contribution in [0.4, 0.5) is 0 Å². The normalized spacial score (nSPS) is 19.6. The first-order chi connectivity index (χ1) is 7.16. The number of fused-ring (bicyclic) bond motifs is 1. The molecule has 3 heteroatoms. The van der Waals surface area contributed by atoms with E-state index in [4.69, 9.17) is 5.11 Å². The Bertz CT molecular complexity index is 384. The van der Waals surface area contributed by atoms with Gasteiger partial charge in [0.2, 0.25) is 0 Å². The zero-order valence-corrected chi connectivity index (χ0v) is 8.44. The third kappa shape index (κ3) is 2.12. The number of carboxylic acids is 1. The van der Waals surface area contributed by atoms with E-state index in [9.17, 15) is 9.90 Å². The lowest BCUT2D eigenvalue weighted by Crippen LogP contribution is -2.13. The molecule has 0 saturated carbocycles. The van der Waals surface area contributed by atoms with Gasteiger partial charge in [0, 0.05) is 0 Å². The molecule has 1 aromatic rings. The van der Waals surface area contributed by atoms with E-state index >= 15 is 0 Å². The Morgan fingerprint density at radius 1 is 1.47 bits per heavy atom. The predicted molar refractivity (Wildman–Crippen MR) is 56.0 cm³/mol. The molecule has 0 amide bonds. The molecule has 2 rings (SSSR count). The van der Waals surface area contributed by atoms with E-state index in [1.165, 1.54) is 5.56 Å². The lowest BCUT2D eigenvalue weighted by Gasteiger charge is -2.24. The van der Waals surface area contributed by atoms with Gasteiger partial charge in [0.05, 0.1) is 6.42 Å². The topological polar surface area (TPSA) is 57.5 Å². The minimum atomic E-state index is -0.767. The van der Waals surface area contributed by atoms with Crippen LogP contribution in [0.1, 0.15) is 36.3 Å². The van der Waals surface area contributed by atoms with Gasteiger partial charge >= 0.3 is 5.97 Å². The zero-order chi connectivity index (χ0) is 10.8. The van der Waals surface area contributed by atoms with Gasteiger partial charge in [-0.1, -0.05) is 6.07 Å². The van der Waals surface area contributed by atoms with E-state index in [0.717, 1.165) is 24.8 Å². The molecule has 0 saturated heterocycles. The Hall–Kier alpha value is -1.51. The standard InChI is InChI=1S/C12H14O3/c13-10-5-4-8-2-1-3-9(6-12(14)15)11(8)7-10/h4-5,7,9,13H,1-3,6H2,(H,14,15)/t9-/m0/s1. The summed E-state index contributed by atoms with van der Waals surface area (Å²) in [5.41, 5.74) is 2.20. The second-order valence-electron chi connectivity index (χ2n) is 4.07. The molecule has 0 heterocycles. The maximum Gasteiger partial charge on any atom is 0.303 e. The smallest absolute Gasteiger partial charge is 0.303 e. The molecule has 3 nitrogen and oxygen atoms in total. The fourth-order valence-corrected chi connectivity index (χ4v) is 2.31. The summed E-state index contributed by atoms with van der Waals surface area (Å²) in [6, 6.07) is 5.28. The van der Waals surface area contributed by atoms with Crippen LogP contribution in [-0.4, -0.2) is 16.2 Å². The number of aryl methyl sites for hydroxylation is 1. The SMILES string of the molecule is O=C(O)C[C@@H]1CCCc2ccc(O)cc21. The molecule has 0 bridgehead atoms. The number of rotatable bonds is 2. The van der Waals surface area contributed by atoms with E-state index in [0.29, 0.717) is 0 Å². The molecule has 1 atom stereocenters. The van der Waals surface area contributed by atoms with E-state index in [1.807, 2.05) is 6.07 Å². The minimum Gasteiger partial charge on any atom is -0.508 e. The number of phenolic OH excluding ortho intramolecular Hbond substituents is 1. The van der Waals surface area contributed by atoms with E-state index in [2.05, 4.69) is 0 Å². The van der Waals surface area contributed by atoms with Gasteiger partial charge in [-0.15, -0.1) is 0 Å². The van der Waals surface area contributed by atoms with Crippen molar-refractivity contribution in [3.63, 3.8) is 0 Å². The lowest BCUT2D eigenvalue weighted by molar-refractivity contribution is -0.137. The quantitative estimate of drug-likeness (QED) is 0.780. The highest BCUT2D eigenvalue weighted by Crippen LogP contribution is 2.35. The Morgan fingerprint density at radius 2 is 2.27 bits per heavy atom. The highest BCUT2D eigenvalue weighted by molar-refractivity contribution is 5.68. The third-order valence-electron chi connectivity index (χ3n) is 2.99. The van der Waals surface area contributed by atoms with Crippen molar-refractivity contribution in [2.24, 2.45) is 0 Å². The summed E-state index contributed by atoms with van der Waals surface area (Å²) in [5, 5.41) is 18.2. The number of phenols is 1.